The Morgan fingerprint density at radius 1 is 0.958 bits per heavy atom. The molecular weight excluding hydrogens is 316 g/mol. The topological polar surface area (TPSA) is 99.0 Å². The van der Waals surface area contributed by atoms with Crippen molar-refractivity contribution in [1.29, 1.82) is 0 Å². The molecule has 0 atom stereocenters. The van der Waals surface area contributed by atoms with E-state index in [1.165, 1.54) is 24.3 Å². The molecule has 2 amide bonds. The fourth-order valence-electron chi connectivity index (χ4n) is 2.80. The zero-order chi connectivity index (χ0) is 16.8. The largest absolute Gasteiger partial charge is 0.486 e. The molecule has 0 aliphatic carbocycles. The molecule has 2 aromatic carbocycles. The van der Waals surface area contributed by atoms with Crippen molar-refractivity contribution >= 4 is 23.2 Å². The van der Waals surface area contributed by atoms with Crippen LogP contribution in [0.4, 0.5) is 11.4 Å². The number of nitro benzene ring substituents is 1. The molecule has 8 heteroatoms. The van der Waals surface area contributed by atoms with Crippen LogP contribution in [0.3, 0.4) is 0 Å². The van der Waals surface area contributed by atoms with Crippen molar-refractivity contribution in [3.8, 4) is 11.5 Å². The predicted molar refractivity (Wildman–Crippen MR) is 81.7 cm³/mol. The van der Waals surface area contributed by atoms with Gasteiger partial charge in [-0.2, -0.15) is 0 Å². The van der Waals surface area contributed by atoms with Crippen LogP contribution in [0.15, 0.2) is 36.4 Å². The van der Waals surface area contributed by atoms with Crippen molar-refractivity contribution in [3.63, 3.8) is 0 Å². The van der Waals surface area contributed by atoms with E-state index in [-0.39, 0.29) is 41.5 Å². The van der Waals surface area contributed by atoms with Gasteiger partial charge in [0.25, 0.3) is 17.5 Å². The maximum Gasteiger partial charge on any atom is 0.297 e. The Kier molecular flexibility index (Phi) is 2.99. The molecule has 2 aliphatic heterocycles. The number of nitro groups is 1. The van der Waals surface area contributed by atoms with Crippen LogP contribution in [0, 0.1) is 10.1 Å². The zero-order valence-corrected chi connectivity index (χ0v) is 12.2. The highest BCUT2D eigenvalue weighted by molar-refractivity contribution is 6.35. The zero-order valence-electron chi connectivity index (χ0n) is 12.2. The van der Waals surface area contributed by atoms with E-state index in [0.717, 1.165) is 4.90 Å². The molecule has 0 fully saturated rings. The van der Waals surface area contributed by atoms with Crippen LogP contribution in [-0.2, 0) is 0 Å². The lowest BCUT2D eigenvalue weighted by Gasteiger charge is -2.21. The average molecular weight is 326 g/mol. The second kappa shape index (κ2) is 5.05. The van der Waals surface area contributed by atoms with Crippen molar-refractivity contribution < 1.29 is 24.0 Å². The van der Waals surface area contributed by atoms with E-state index in [1.54, 1.807) is 12.1 Å². The minimum atomic E-state index is -0.656. The third-order valence-corrected chi connectivity index (χ3v) is 3.87. The summed E-state index contributed by atoms with van der Waals surface area (Å²) in [5, 5.41) is 11.4. The first kappa shape index (κ1) is 14.2. The second-order valence-electron chi connectivity index (χ2n) is 5.23. The standard InChI is InChI=1S/C16H10N2O6/c19-15-9-3-1-2-4-10(9)16(20)17(15)11-7-13-14(24-6-5-23-13)8-12(11)18(21)22/h1-4,7-8H,5-6H2. The van der Waals surface area contributed by atoms with Crippen LogP contribution in [0.2, 0.25) is 0 Å². The third-order valence-electron chi connectivity index (χ3n) is 3.87. The molecule has 24 heavy (non-hydrogen) atoms. The molecule has 4 rings (SSSR count). The van der Waals surface area contributed by atoms with Crippen molar-refractivity contribution in [2.45, 2.75) is 0 Å². The van der Waals surface area contributed by atoms with E-state index in [2.05, 4.69) is 0 Å². The normalized spacial score (nSPS) is 15.4. The molecule has 0 aromatic heterocycles. The lowest BCUT2D eigenvalue weighted by atomic mass is 10.1. The number of carbonyl (C=O) groups excluding carboxylic acids is 2. The average Bonchev–Trinajstić information content (AvgIpc) is 2.85. The second-order valence-corrected chi connectivity index (χ2v) is 5.23. The molecule has 0 bridgehead atoms. The molecule has 2 aromatic rings. The Morgan fingerprint density at radius 3 is 2.04 bits per heavy atom. The smallest absolute Gasteiger partial charge is 0.297 e. The maximum atomic E-state index is 12.6. The van der Waals surface area contributed by atoms with Gasteiger partial charge in [-0.15, -0.1) is 0 Å². The lowest BCUT2D eigenvalue weighted by molar-refractivity contribution is -0.384. The third kappa shape index (κ3) is 1.93. The summed E-state index contributed by atoms with van der Waals surface area (Å²) in [4.78, 5) is 36.7. The highest BCUT2D eigenvalue weighted by Gasteiger charge is 2.40. The Bertz CT molecular complexity index is 872. The monoisotopic (exact) mass is 326 g/mol. The number of nitrogens with zero attached hydrogens (tertiary/aromatic N) is 2. The van der Waals surface area contributed by atoms with E-state index in [9.17, 15) is 19.7 Å². The Hall–Kier alpha value is -3.42. The van der Waals surface area contributed by atoms with E-state index in [1.807, 2.05) is 0 Å². The van der Waals surface area contributed by atoms with Crippen molar-refractivity contribution in [2.24, 2.45) is 0 Å². The van der Waals surface area contributed by atoms with Crippen molar-refractivity contribution in [3.05, 3.63) is 57.6 Å². The van der Waals surface area contributed by atoms with E-state index >= 15 is 0 Å². The van der Waals surface area contributed by atoms with Crippen LogP contribution in [0.1, 0.15) is 20.7 Å². The van der Waals surface area contributed by atoms with E-state index in [4.69, 9.17) is 9.47 Å². The molecule has 2 aliphatic rings. The van der Waals surface area contributed by atoms with Crippen LogP contribution in [-0.4, -0.2) is 30.0 Å². The summed E-state index contributed by atoms with van der Waals surface area (Å²) in [6.07, 6.45) is 0. The minimum Gasteiger partial charge on any atom is -0.486 e. The molecule has 0 N–H and O–H groups in total. The van der Waals surface area contributed by atoms with Gasteiger partial charge in [-0.1, -0.05) is 12.1 Å². The molecule has 8 nitrogen and oxygen atoms in total. The Morgan fingerprint density at radius 2 is 1.50 bits per heavy atom. The molecule has 2 heterocycles. The number of hydrogen-bond acceptors (Lipinski definition) is 6. The summed E-state index contributed by atoms with van der Waals surface area (Å²) in [6, 6.07) is 8.76. The summed E-state index contributed by atoms with van der Waals surface area (Å²) in [6.45, 7) is 0.558. The van der Waals surface area contributed by atoms with Gasteiger partial charge in [0.05, 0.1) is 22.1 Å². The fraction of sp³-hybridized carbons (Fsp3) is 0.125. The maximum absolute atomic E-state index is 12.6. The highest BCUT2D eigenvalue weighted by Crippen LogP contribution is 2.43. The molecule has 0 spiro atoms. The summed E-state index contributed by atoms with van der Waals surface area (Å²) >= 11 is 0. The van der Waals surface area contributed by atoms with E-state index in [0.29, 0.717) is 0 Å². The summed E-state index contributed by atoms with van der Waals surface area (Å²) in [5.41, 5.74) is -0.0948. The van der Waals surface area contributed by atoms with Gasteiger partial charge < -0.3 is 9.47 Å². The summed E-state index contributed by atoms with van der Waals surface area (Å²) in [7, 11) is 0. The molecule has 0 saturated carbocycles. The van der Waals surface area contributed by atoms with Gasteiger partial charge in [0, 0.05) is 6.07 Å². The van der Waals surface area contributed by atoms with E-state index < -0.39 is 22.4 Å². The quantitative estimate of drug-likeness (QED) is 0.476. The van der Waals surface area contributed by atoms with Gasteiger partial charge in [0.1, 0.15) is 18.9 Å². The highest BCUT2D eigenvalue weighted by atomic mass is 16.6. The molecular formula is C16H10N2O6. The van der Waals surface area contributed by atoms with Crippen LogP contribution < -0.4 is 14.4 Å². The number of rotatable bonds is 2. The molecule has 0 unspecified atom stereocenters. The number of anilines is 1. The van der Waals surface area contributed by atoms with Crippen molar-refractivity contribution in [1.82, 2.24) is 0 Å². The Balaban J connectivity index is 1.89. The van der Waals surface area contributed by atoms with Crippen LogP contribution >= 0.6 is 0 Å². The summed E-state index contributed by atoms with van der Waals surface area (Å²) in [5.74, 6) is -0.725. The Labute approximate surface area is 135 Å². The SMILES string of the molecule is O=C1c2ccccc2C(=O)N1c1cc2c(cc1[N+](=O)[O-])OCCO2. The number of benzene rings is 2. The van der Waals surface area contributed by atoms with Gasteiger partial charge >= 0.3 is 0 Å². The van der Waals surface area contributed by atoms with Gasteiger partial charge in [-0.05, 0) is 12.1 Å². The number of amides is 2. The number of carbonyl (C=O) groups is 2. The molecule has 0 radical (unpaired) electrons. The van der Waals surface area contributed by atoms with Gasteiger partial charge in [-0.25, -0.2) is 4.90 Å². The number of ether oxygens (including phenoxy) is 2. The number of hydrogen-bond donors (Lipinski definition) is 0. The first-order chi connectivity index (χ1) is 11.6. The van der Waals surface area contributed by atoms with Gasteiger partial charge in [-0.3, -0.25) is 19.7 Å². The first-order valence-electron chi connectivity index (χ1n) is 7.14. The first-order valence-corrected chi connectivity index (χ1v) is 7.14. The van der Waals surface area contributed by atoms with Gasteiger partial charge in [0.2, 0.25) is 0 Å². The minimum absolute atomic E-state index is 0.129. The fourth-order valence-corrected chi connectivity index (χ4v) is 2.80. The molecule has 0 saturated heterocycles. The van der Waals surface area contributed by atoms with Crippen molar-refractivity contribution in [2.75, 3.05) is 18.1 Å². The molecule has 120 valence electrons. The predicted octanol–water partition coefficient (Wildman–Crippen LogP) is 2.17. The number of imide groups is 1. The van der Waals surface area contributed by atoms with Crippen LogP contribution in [0.5, 0.6) is 11.5 Å². The number of fused-ring (bicyclic) bond motifs is 2. The lowest BCUT2D eigenvalue weighted by Crippen LogP contribution is -2.30. The summed E-state index contributed by atoms with van der Waals surface area (Å²) < 4.78 is 10.7. The van der Waals surface area contributed by atoms with Crippen LogP contribution in [0.25, 0.3) is 0 Å². The van der Waals surface area contributed by atoms with Gasteiger partial charge in [0.15, 0.2) is 11.5 Å².